The van der Waals surface area contributed by atoms with Gasteiger partial charge in [0, 0.05) is 5.69 Å². The van der Waals surface area contributed by atoms with Crippen molar-refractivity contribution in [2.45, 2.75) is 66.6 Å². The van der Waals surface area contributed by atoms with Crippen molar-refractivity contribution in [3.63, 3.8) is 0 Å². The molecule has 0 spiro atoms. The van der Waals surface area contributed by atoms with Gasteiger partial charge in [-0.3, -0.25) is 0 Å². The minimum atomic E-state index is -0.816. The Bertz CT molecular complexity index is 549. The van der Waals surface area contributed by atoms with Crippen molar-refractivity contribution >= 4 is 18.0 Å². The van der Waals surface area contributed by atoms with Gasteiger partial charge in [0.05, 0.1) is 0 Å². The van der Waals surface area contributed by atoms with Crippen molar-refractivity contribution in [3.05, 3.63) is 23.4 Å². The first-order valence-electron chi connectivity index (χ1n) is 7.50. The fourth-order valence-electron chi connectivity index (χ4n) is 1.81. The molecule has 0 radical (unpaired) electrons. The molecule has 0 fully saturated rings. The molecule has 1 heterocycles. The van der Waals surface area contributed by atoms with E-state index in [9.17, 15) is 9.59 Å². The van der Waals surface area contributed by atoms with Gasteiger partial charge in [-0.1, -0.05) is 0 Å². The van der Waals surface area contributed by atoms with Gasteiger partial charge in [0.2, 0.25) is 0 Å². The lowest BCUT2D eigenvalue weighted by molar-refractivity contribution is 0.0429. The van der Waals surface area contributed by atoms with Gasteiger partial charge in [-0.15, -0.1) is 0 Å². The maximum Gasteiger partial charge on any atom is 0.425 e. The van der Waals surface area contributed by atoms with E-state index in [0.29, 0.717) is 5.69 Å². The molecule has 2 amide bonds. The second-order valence-corrected chi connectivity index (χ2v) is 7.44. The van der Waals surface area contributed by atoms with Crippen LogP contribution in [0.5, 0.6) is 0 Å². The summed E-state index contributed by atoms with van der Waals surface area (Å²) in [5.41, 5.74) is 0.0913. The molecule has 0 N–H and O–H groups in total. The average molecular weight is 322 g/mol. The number of ether oxygens (including phenoxy) is 2. The van der Waals surface area contributed by atoms with E-state index in [4.69, 9.17) is 9.47 Å². The average Bonchev–Trinajstić information content (AvgIpc) is 2.21. The highest BCUT2D eigenvalue weighted by Crippen LogP contribution is 2.21. The summed E-state index contributed by atoms with van der Waals surface area (Å²) in [5, 5.41) is 0. The predicted octanol–water partition coefficient (Wildman–Crippen LogP) is 4.38. The van der Waals surface area contributed by atoms with Gasteiger partial charge in [-0.25, -0.2) is 14.6 Å². The first kappa shape index (κ1) is 18.9. The van der Waals surface area contributed by atoms with Crippen LogP contribution in [0.1, 0.15) is 52.8 Å². The number of carbonyl (C=O) groups is 2. The first-order valence-corrected chi connectivity index (χ1v) is 7.50. The van der Waals surface area contributed by atoms with Gasteiger partial charge in [0.25, 0.3) is 0 Å². The SMILES string of the molecule is Cc1cc(C)nc(N(C(=O)OC(C)(C)C)C(=O)OC(C)(C)C)c1. The standard InChI is InChI=1S/C17H26N2O4/c1-11-9-12(2)18-13(10-11)19(14(20)22-16(3,4)5)15(21)23-17(6,7)8/h9-10H,1-8H3. The van der Waals surface area contributed by atoms with Crippen LogP contribution >= 0.6 is 0 Å². The van der Waals surface area contributed by atoms with Crippen LogP contribution in [0.3, 0.4) is 0 Å². The summed E-state index contributed by atoms with van der Waals surface area (Å²) in [5.74, 6) is 0.186. The molecule has 6 nitrogen and oxygen atoms in total. The highest BCUT2D eigenvalue weighted by molar-refractivity contribution is 6.08. The minimum Gasteiger partial charge on any atom is -0.443 e. The number of rotatable bonds is 1. The van der Waals surface area contributed by atoms with Crippen LogP contribution in [0.25, 0.3) is 0 Å². The van der Waals surface area contributed by atoms with E-state index in [1.165, 1.54) is 0 Å². The Balaban J connectivity index is 3.25. The summed E-state index contributed by atoms with van der Waals surface area (Å²) in [7, 11) is 0. The fourth-order valence-corrected chi connectivity index (χ4v) is 1.81. The monoisotopic (exact) mass is 322 g/mol. The van der Waals surface area contributed by atoms with Crippen molar-refractivity contribution in [2.75, 3.05) is 4.90 Å². The molecule has 128 valence electrons. The molecule has 0 aliphatic rings. The van der Waals surface area contributed by atoms with E-state index in [-0.39, 0.29) is 5.82 Å². The molecule has 0 aromatic carbocycles. The summed E-state index contributed by atoms with van der Waals surface area (Å²) >= 11 is 0. The molecular weight excluding hydrogens is 296 g/mol. The van der Waals surface area contributed by atoms with Crippen molar-refractivity contribution in [1.29, 1.82) is 0 Å². The normalized spacial score (nSPS) is 11.8. The largest absolute Gasteiger partial charge is 0.443 e. The van der Waals surface area contributed by atoms with Crippen LogP contribution in [-0.2, 0) is 9.47 Å². The van der Waals surface area contributed by atoms with Crippen molar-refractivity contribution in [2.24, 2.45) is 0 Å². The second-order valence-electron chi connectivity index (χ2n) is 7.44. The second kappa shape index (κ2) is 6.56. The van der Waals surface area contributed by atoms with Gasteiger partial charge in [-0.05, 0) is 73.1 Å². The topological polar surface area (TPSA) is 68.7 Å². The lowest BCUT2D eigenvalue weighted by Crippen LogP contribution is -2.44. The highest BCUT2D eigenvalue weighted by Gasteiger charge is 2.33. The van der Waals surface area contributed by atoms with Crippen molar-refractivity contribution < 1.29 is 19.1 Å². The maximum atomic E-state index is 12.5. The van der Waals surface area contributed by atoms with E-state index >= 15 is 0 Å². The Morgan fingerprint density at radius 1 is 0.913 bits per heavy atom. The summed E-state index contributed by atoms with van der Waals surface area (Å²) in [6.45, 7) is 14.0. The minimum absolute atomic E-state index is 0.186. The Morgan fingerprint density at radius 3 is 1.70 bits per heavy atom. The van der Waals surface area contributed by atoms with E-state index < -0.39 is 23.4 Å². The third-order valence-corrected chi connectivity index (χ3v) is 2.47. The third-order valence-electron chi connectivity index (χ3n) is 2.47. The number of imide groups is 1. The maximum absolute atomic E-state index is 12.5. The van der Waals surface area contributed by atoms with Gasteiger partial charge < -0.3 is 9.47 Å². The van der Waals surface area contributed by atoms with E-state index in [2.05, 4.69) is 4.98 Å². The molecule has 23 heavy (non-hydrogen) atoms. The Hall–Kier alpha value is -2.11. The number of aromatic nitrogens is 1. The lowest BCUT2D eigenvalue weighted by Gasteiger charge is -2.28. The van der Waals surface area contributed by atoms with Crippen LogP contribution in [0.4, 0.5) is 15.4 Å². The van der Waals surface area contributed by atoms with Gasteiger partial charge in [0.15, 0.2) is 0 Å². The zero-order valence-electron chi connectivity index (χ0n) is 15.2. The molecule has 1 aromatic heterocycles. The first-order chi connectivity index (χ1) is 10.3. The molecule has 0 saturated heterocycles. The molecule has 0 aliphatic heterocycles. The van der Waals surface area contributed by atoms with E-state index in [0.717, 1.165) is 10.5 Å². The molecule has 0 saturated carbocycles. The molecule has 0 bridgehead atoms. The Kier molecular flexibility index (Phi) is 5.40. The van der Waals surface area contributed by atoms with Crippen LogP contribution in [0.15, 0.2) is 12.1 Å². The van der Waals surface area contributed by atoms with E-state index in [1.807, 2.05) is 13.0 Å². The number of amides is 2. The summed E-state index contributed by atoms with van der Waals surface area (Å²) in [6, 6.07) is 3.49. The highest BCUT2D eigenvalue weighted by atomic mass is 16.6. The molecule has 6 heteroatoms. The number of carbonyl (C=O) groups excluding carboxylic acids is 2. The fraction of sp³-hybridized carbons (Fsp3) is 0.588. The smallest absolute Gasteiger partial charge is 0.425 e. The number of aryl methyl sites for hydroxylation is 2. The Morgan fingerprint density at radius 2 is 1.35 bits per heavy atom. The summed E-state index contributed by atoms with van der Waals surface area (Å²) in [4.78, 5) is 30.0. The summed E-state index contributed by atoms with van der Waals surface area (Å²) in [6.07, 6.45) is -1.63. The Labute approximate surface area is 137 Å². The van der Waals surface area contributed by atoms with E-state index in [1.54, 1.807) is 54.5 Å². The number of hydrogen-bond acceptors (Lipinski definition) is 5. The van der Waals surface area contributed by atoms with Crippen molar-refractivity contribution in [3.8, 4) is 0 Å². The van der Waals surface area contributed by atoms with Crippen LogP contribution in [-0.4, -0.2) is 28.4 Å². The number of nitrogens with zero attached hydrogens (tertiary/aromatic N) is 2. The molecule has 1 aromatic rings. The molecular formula is C17H26N2O4. The summed E-state index contributed by atoms with van der Waals surface area (Å²) < 4.78 is 10.6. The van der Waals surface area contributed by atoms with Crippen LogP contribution in [0.2, 0.25) is 0 Å². The van der Waals surface area contributed by atoms with Crippen LogP contribution in [0, 0.1) is 13.8 Å². The predicted molar refractivity (Wildman–Crippen MR) is 88.7 cm³/mol. The quantitative estimate of drug-likeness (QED) is 0.767. The van der Waals surface area contributed by atoms with Gasteiger partial charge >= 0.3 is 12.2 Å². The molecule has 0 unspecified atom stereocenters. The zero-order valence-corrected chi connectivity index (χ0v) is 15.2. The molecule has 1 rings (SSSR count). The van der Waals surface area contributed by atoms with Crippen LogP contribution < -0.4 is 4.90 Å². The number of anilines is 1. The molecule has 0 aliphatic carbocycles. The lowest BCUT2D eigenvalue weighted by atomic mass is 10.2. The zero-order chi connectivity index (χ0) is 18.0. The van der Waals surface area contributed by atoms with Gasteiger partial charge in [0.1, 0.15) is 17.0 Å². The van der Waals surface area contributed by atoms with Crippen molar-refractivity contribution in [1.82, 2.24) is 4.98 Å². The number of pyridine rings is 1. The van der Waals surface area contributed by atoms with Gasteiger partial charge in [-0.2, -0.15) is 4.90 Å². The third kappa shape index (κ3) is 6.26. The number of hydrogen-bond donors (Lipinski definition) is 0. The molecule has 0 atom stereocenters.